The summed E-state index contributed by atoms with van der Waals surface area (Å²) >= 11 is 0. The molecule has 8 heteroatoms. The van der Waals surface area contributed by atoms with Crippen LogP contribution in [0.3, 0.4) is 0 Å². The monoisotopic (exact) mass is 362 g/mol. The van der Waals surface area contributed by atoms with Crippen molar-refractivity contribution in [2.24, 2.45) is 12.0 Å². The van der Waals surface area contributed by atoms with Crippen molar-refractivity contribution in [1.82, 2.24) is 25.3 Å². The maximum Gasteiger partial charge on any atom is 0.191 e. The Labute approximate surface area is 154 Å². The van der Waals surface area contributed by atoms with E-state index in [-0.39, 0.29) is 12.6 Å². The van der Waals surface area contributed by atoms with Crippen molar-refractivity contribution >= 4 is 5.96 Å². The molecule has 0 radical (unpaired) electrons. The van der Waals surface area contributed by atoms with Gasteiger partial charge in [-0.2, -0.15) is 5.10 Å². The van der Waals surface area contributed by atoms with E-state index in [0.717, 1.165) is 12.1 Å². The lowest BCUT2D eigenvalue weighted by Crippen LogP contribution is -2.42. The van der Waals surface area contributed by atoms with Gasteiger partial charge < -0.3 is 25.1 Å². The molecule has 0 saturated heterocycles. The van der Waals surface area contributed by atoms with E-state index in [2.05, 4.69) is 25.6 Å². The molecule has 2 heterocycles. The van der Waals surface area contributed by atoms with Crippen molar-refractivity contribution < 1.29 is 9.52 Å². The Morgan fingerprint density at radius 1 is 1.46 bits per heavy atom. The molecule has 8 nitrogen and oxygen atoms in total. The second-order valence-electron chi connectivity index (χ2n) is 6.75. The summed E-state index contributed by atoms with van der Waals surface area (Å²) in [6, 6.07) is 3.66. The first-order valence-corrected chi connectivity index (χ1v) is 8.77. The summed E-state index contributed by atoms with van der Waals surface area (Å²) in [4.78, 5) is 6.65. The predicted molar refractivity (Wildman–Crippen MR) is 102 cm³/mol. The molecular weight excluding hydrogens is 332 g/mol. The Morgan fingerprint density at radius 3 is 2.77 bits per heavy atom. The van der Waals surface area contributed by atoms with Gasteiger partial charge in [0.1, 0.15) is 11.4 Å². The third kappa shape index (κ3) is 5.34. The number of aliphatic hydroxyl groups is 1. The molecular formula is C18H30N6O2. The zero-order valence-electron chi connectivity index (χ0n) is 16.2. The molecule has 0 aliphatic heterocycles. The van der Waals surface area contributed by atoms with Gasteiger partial charge in [0.2, 0.25) is 0 Å². The molecule has 0 spiro atoms. The predicted octanol–water partition coefficient (Wildman–Crippen LogP) is 1.08. The highest BCUT2D eigenvalue weighted by molar-refractivity contribution is 5.79. The second kappa shape index (κ2) is 8.86. The molecule has 2 atom stereocenters. The van der Waals surface area contributed by atoms with Gasteiger partial charge in [-0.05, 0) is 40.1 Å². The summed E-state index contributed by atoms with van der Waals surface area (Å²) in [5.41, 5.74) is -0.0284. The molecule has 0 saturated carbocycles. The number of rotatable bonds is 8. The average molecular weight is 362 g/mol. The van der Waals surface area contributed by atoms with E-state index in [4.69, 9.17) is 4.42 Å². The number of aryl methyl sites for hydroxylation is 1. The number of aliphatic imine (C=N–C) groups is 1. The van der Waals surface area contributed by atoms with E-state index >= 15 is 0 Å². The molecule has 144 valence electrons. The normalized spacial score (nSPS) is 15.7. The zero-order valence-corrected chi connectivity index (χ0v) is 16.2. The molecule has 2 rings (SSSR count). The van der Waals surface area contributed by atoms with Crippen LogP contribution >= 0.6 is 0 Å². The minimum Gasteiger partial charge on any atom is -0.466 e. The quantitative estimate of drug-likeness (QED) is 0.481. The van der Waals surface area contributed by atoms with Gasteiger partial charge in [-0.25, -0.2) is 4.99 Å². The zero-order chi connectivity index (χ0) is 19.2. The molecule has 26 heavy (non-hydrogen) atoms. The summed E-state index contributed by atoms with van der Waals surface area (Å²) in [6.45, 7) is 5.28. The minimum absolute atomic E-state index is 0.151. The van der Waals surface area contributed by atoms with Gasteiger partial charge in [-0.1, -0.05) is 0 Å². The van der Waals surface area contributed by atoms with Crippen LogP contribution in [-0.2, 0) is 12.6 Å². The molecule has 2 aromatic rings. The van der Waals surface area contributed by atoms with E-state index in [1.165, 1.54) is 0 Å². The van der Waals surface area contributed by atoms with Crippen LogP contribution in [0.25, 0.3) is 0 Å². The van der Waals surface area contributed by atoms with Crippen LogP contribution < -0.4 is 10.6 Å². The summed E-state index contributed by atoms with van der Waals surface area (Å²) in [5.74, 6) is 1.15. The molecule has 0 aliphatic carbocycles. The van der Waals surface area contributed by atoms with Gasteiger partial charge in [0.25, 0.3) is 0 Å². The Morgan fingerprint density at radius 2 is 2.23 bits per heavy atom. The lowest BCUT2D eigenvalue weighted by molar-refractivity contribution is 0.0437. The molecule has 0 aromatic carbocycles. The summed E-state index contributed by atoms with van der Waals surface area (Å²) < 4.78 is 7.10. The van der Waals surface area contributed by atoms with Crippen LogP contribution in [-0.4, -0.2) is 59.5 Å². The lowest BCUT2D eigenvalue weighted by Gasteiger charge is -2.25. The SMILES string of the molecule is CCNC(=NCC(C)(O)c1ccco1)NCC(c1cnn(C)c1)N(C)C. The highest BCUT2D eigenvalue weighted by Crippen LogP contribution is 2.21. The molecule has 2 unspecified atom stereocenters. The number of hydrogen-bond acceptors (Lipinski definition) is 5. The molecule has 3 N–H and O–H groups in total. The smallest absolute Gasteiger partial charge is 0.191 e. The van der Waals surface area contributed by atoms with E-state index in [1.807, 2.05) is 40.5 Å². The van der Waals surface area contributed by atoms with Gasteiger partial charge >= 0.3 is 0 Å². The third-order valence-electron chi connectivity index (χ3n) is 4.14. The summed E-state index contributed by atoms with van der Waals surface area (Å²) in [6.07, 6.45) is 5.43. The fraction of sp³-hybridized carbons (Fsp3) is 0.556. The number of likely N-dealkylation sites (N-methyl/N-ethyl adjacent to an activating group) is 1. The standard InChI is InChI=1S/C18H30N6O2/c1-6-19-17(21-13-18(2,25)16-8-7-9-26-16)20-11-15(23(3)4)14-10-22-24(5)12-14/h7-10,12,15,25H,6,11,13H2,1-5H3,(H2,19,20,21). The van der Waals surface area contributed by atoms with Gasteiger partial charge in [0.05, 0.1) is 25.0 Å². The number of aromatic nitrogens is 2. The maximum atomic E-state index is 10.6. The highest BCUT2D eigenvalue weighted by Gasteiger charge is 2.26. The first-order chi connectivity index (χ1) is 12.3. The summed E-state index contributed by atoms with van der Waals surface area (Å²) in [5, 5.41) is 21.4. The Kier molecular flexibility index (Phi) is 6.82. The van der Waals surface area contributed by atoms with Crippen molar-refractivity contribution in [2.45, 2.75) is 25.5 Å². The molecule has 0 fully saturated rings. The van der Waals surface area contributed by atoms with E-state index in [1.54, 1.807) is 30.0 Å². The van der Waals surface area contributed by atoms with Crippen molar-refractivity contribution in [3.05, 3.63) is 42.1 Å². The van der Waals surface area contributed by atoms with Crippen molar-refractivity contribution in [1.29, 1.82) is 0 Å². The Hall–Kier alpha value is -2.32. The fourth-order valence-corrected chi connectivity index (χ4v) is 2.64. The average Bonchev–Trinajstić information content (AvgIpc) is 3.24. The topological polar surface area (TPSA) is 90.9 Å². The van der Waals surface area contributed by atoms with Gasteiger partial charge in [0.15, 0.2) is 5.96 Å². The van der Waals surface area contributed by atoms with E-state index in [9.17, 15) is 5.11 Å². The number of furan rings is 1. The van der Waals surface area contributed by atoms with Crippen LogP contribution in [0, 0.1) is 0 Å². The number of nitrogens with zero attached hydrogens (tertiary/aromatic N) is 4. The Bertz CT molecular complexity index is 690. The third-order valence-corrected chi connectivity index (χ3v) is 4.14. The first kappa shape index (κ1) is 20.0. The number of hydrogen-bond donors (Lipinski definition) is 3. The van der Waals surface area contributed by atoms with Crippen molar-refractivity contribution in [3.8, 4) is 0 Å². The molecule has 2 aromatic heterocycles. The second-order valence-corrected chi connectivity index (χ2v) is 6.75. The van der Waals surface area contributed by atoms with Crippen LogP contribution in [0.1, 0.15) is 31.2 Å². The van der Waals surface area contributed by atoms with Crippen molar-refractivity contribution in [3.63, 3.8) is 0 Å². The fourth-order valence-electron chi connectivity index (χ4n) is 2.64. The van der Waals surface area contributed by atoms with Gasteiger partial charge in [-0.3, -0.25) is 4.68 Å². The van der Waals surface area contributed by atoms with Crippen molar-refractivity contribution in [2.75, 3.05) is 33.7 Å². The summed E-state index contributed by atoms with van der Waals surface area (Å²) in [7, 11) is 5.97. The molecule has 0 bridgehead atoms. The molecule has 0 aliphatic rings. The first-order valence-electron chi connectivity index (χ1n) is 8.77. The van der Waals surface area contributed by atoms with E-state index in [0.29, 0.717) is 18.3 Å². The van der Waals surface area contributed by atoms with Crippen LogP contribution in [0.4, 0.5) is 0 Å². The Balaban J connectivity index is 2.04. The number of nitrogens with one attached hydrogen (secondary N) is 2. The van der Waals surface area contributed by atoms with Gasteiger partial charge in [0, 0.05) is 31.9 Å². The molecule has 0 amide bonds. The maximum absolute atomic E-state index is 10.6. The largest absolute Gasteiger partial charge is 0.466 e. The van der Waals surface area contributed by atoms with Crippen LogP contribution in [0.2, 0.25) is 0 Å². The van der Waals surface area contributed by atoms with Gasteiger partial charge in [-0.15, -0.1) is 0 Å². The highest BCUT2D eigenvalue weighted by atomic mass is 16.4. The lowest BCUT2D eigenvalue weighted by atomic mass is 10.0. The van der Waals surface area contributed by atoms with Crippen LogP contribution in [0.5, 0.6) is 0 Å². The number of guanidine groups is 1. The van der Waals surface area contributed by atoms with E-state index < -0.39 is 5.60 Å². The van der Waals surface area contributed by atoms with Crippen LogP contribution in [0.15, 0.2) is 40.2 Å². The minimum atomic E-state index is -1.16.